The molecule has 0 spiro atoms. The van der Waals surface area contributed by atoms with Gasteiger partial charge in [-0.15, -0.1) is 0 Å². The molecule has 33 heavy (non-hydrogen) atoms. The summed E-state index contributed by atoms with van der Waals surface area (Å²) in [5.41, 5.74) is 0.745. The SMILES string of the molecule is O=C(COC(=O)c1ccc2c(=O)n3c(nc2c1)CCCCCC3)Nc1ccc([N+](=O)[O-])cc1. The van der Waals surface area contributed by atoms with Crippen LogP contribution in [0.1, 0.15) is 41.9 Å². The molecule has 0 atom stereocenters. The van der Waals surface area contributed by atoms with Crippen LogP contribution in [0.2, 0.25) is 0 Å². The van der Waals surface area contributed by atoms with Gasteiger partial charge in [0.15, 0.2) is 6.61 Å². The smallest absolute Gasteiger partial charge is 0.338 e. The number of benzene rings is 2. The Morgan fingerprint density at radius 1 is 1.09 bits per heavy atom. The van der Waals surface area contributed by atoms with Crippen LogP contribution in [0, 0.1) is 10.1 Å². The molecule has 1 amide bonds. The van der Waals surface area contributed by atoms with Gasteiger partial charge in [-0.2, -0.15) is 0 Å². The number of nitrogens with one attached hydrogen (secondary N) is 1. The van der Waals surface area contributed by atoms with Gasteiger partial charge in [0.05, 0.1) is 21.4 Å². The first-order valence-corrected chi connectivity index (χ1v) is 10.7. The van der Waals surface area contributed by atoms with Crippen molar-refractivity contribution in [1.29, 1.82) is 0 Å². The van der Waals surface area contributed by atoms with E-state index in [-0.39, 0.29) is 16.8 Å². The highest BCUT2D eigenvalue weighted by Gasteiger charge is 2.16. The molecule has 10 nitrogen and oxygen atoms in total. The third kappa shape index (κ3) is 5.05. The average Bonchev–Trinajstić information content (AvgIpc) is 2.79. The summed E-state index contributed by atoms with van der Waals surface area (Å²) in [5.74, 6) is -0.583. The fraction of sp³-hybridized carbons (Fsp3) is 0.304. The first-order valence-electron chi connectivity index (χ1n) is 10.7. The number of esters is 1. The Kier molecular flexibility index (Phi) is 6.43. The van der Waals surface area contributed by atoms with Crippen LogP contribution in [0.15, 0.2) is 47.3 Å². The van der Waals surface area contributed by atoms with Crippen LogP contribution in [0.4, 0.5) is 11.4 Å². The number of aromatic nitrogens is 2. The molecule has 0 radical (unpaired) electrons. The van der Waals surface area contributed by atoms with Crippen molar-refractivity contribution in [3.05, 3.63) is 74.3 Å². The van der Waals surface area contributed by atoms with Crippen LogP contribution < -0.4 is 10.9 Å². The molecule has 0 unspecified atom stereocenters. The second kappa shape index (κ2) is 9.60. The van der Waals surface area contributed by atoms with Crippen molar-refractivity contribution < 1.29 is 19.2 Å². The van der Waals surface area contributed by atoms with Gasteiger partial charge >= 0.3 is 5.97 Å². The molecule has 0 fully saturated rings. The standard InChI is InChI=1S/C23H22N4O6/c28-21(24-16-7-9-17(10-8-16)27(31)32)14-33-23(30)15-6-11-18-19(13-15)25-20-5-3-1-2-4-12-26(20)22(18)29/h6-11,13H,1-5,12,14H2,(H,24,28). The summed E-state index contributed by atoms with van der Waals surface area (Å²) in [5, 5.41) is 13.6. The number of amides is 1. The van der Waals surface area contributed by atoms with Crippen molar-refractivity contribution in [2.45, 2.75) is 38.6 Å². The van der Waals surface area contributed by atoms with E-state index in [4.69, 9.17) is 4.74 Å². The van der Waals surface area contributed by atoms with Gasteiger partial charge in [0.2, 0.25) is 0 Å². The van der Waals surface area contributed by atoms with Gasteiger partial charge in [-0.1, -0.05) is 12.8 Å². The number of non-ortho nitro benzene ring substituents is 1. The van der Waals surface area contributed by atoms with Crippen LogP contribution >= 0.6 is 0 Å². The van der Waals surface area contributed by atoms with E-state index in [2.05, 4.69) is 10.3 Å². The minimum Gasteiger partial charge on any atom is -0.452 e. The lowest BCUT2D eigenvalue weighted by molar-refractivity contribution is -0.384. The Hall–Kier alpha value is -4.08. The molecule has 0 saturated heterocycles. The fourth-order valence-corrected chi connectivity index (χ4v) is 3.80. The summed E-state index contributed by atoms with van der Waals surface area (Å²) < 4.78 is 6.81. The number of rotatable bonds is 5. The largest absolute Gasteiger partial charge is 0.452 e. The lowest BCUT2D eigenvalue weighted by Crippen LogP contribution is -2.26. The summed E-state index contributed by atoms with van der Waals surface area (Å²) >= 11 is 0. The maximum Gasteiger partial charge on any atom is 0.338 e. The lowest BCUT2D eigenvalue weighted by atomic mass is 10.1. The molecule has 170 valence electrons. The molecule has 4 rings (SSSR count). The molecule has 2 aromatic carbocycles. The Bertz CT molecular complexity index is 1280. The van der Waals surface area contributed by atoms with E-state index in [0.29, 0.717) is 29.6 Å². The summed E-state index contributed by atoms with van der Waals surface area (Å²) in [7, 11) is 0. The van der Waals surface area contributed by atoms with Gasteiger partial charge in [0.1, 0.15) is 5.82 Å². The topological polar surface area (TPSA) is 133 Å². The van der Waals surface area contributed by atoms with Crippen molar-refractivity contribution in [3.63, 3.8) is 0 Å². The molecule has 1 aromatic heterocycles. The maximum atomic E-state index is 12.9. The van der Waals surface area contributed by atoms with Crippen molar-refractivity contribution >= 4 is 34.2 Å². The predicted molar refractivity (Wildman–Crippen MR) is 120 cm³/mol. The van der Waals surface area contributed by atoms with E-state index >= 15 is 0 Å². The minimum atomic E-state index is -0.718. The van der Waals surface area contributed by atoms with Crippen LogP contribution in [0.5, 0.6) is 0 Å². The first-order chi connectivity index (χ1) is 15.9. The Morgan fingerprint density at radius 3 is 2.61 bits per heavy atom. The van der Waals surface area contributed by atoms with Gasteiger partial charge in [0.25, 0.3) is 17.2 Å². The minimum absolute atomic E-state index is 0.101. The zero-order valence-electron chi connectivity index (χ0n) is 17.8. The van der Waals surface area contributed by atoms with E-state index in [0.717, 1.165) is 31.5 Å². The number of carbonyl (C=O) groups is 2. The number of anilines is 1. The lowest BCUT2D eigenvalue weighted by Gasteiger charge is -2.16. The summed E-state index contributed by atoms with van der Waals surface area (Å²) in [6.07, 6.45) is 4.80. The summed E-state index contributed by atoms with van der Waals surface area (Å²) in [4.78, 5) is 52.2. The molecule has 0 saturated carbocycles. The molecule has 1 aliphatic rings. The molecular formula is C23H22N4O6. The molecule has 10 heteroatoms. The predicted octanol–water partition coefficient (Wildman–Crippen LogP) is 3.22. The number of hydrogen-bond acceptors (Lipinski definition) is 7. The monoisotopic (exact) mass is 450 g/mol. The number of nitro benzene ring substituents is 1. The molecule has 1 aliphatic heterocycles. The van der Waals surface area contributed by atoms with Gasteiger partial charge in [-0.3, -0.25) is 24.3 Å². The summed E-state index contributed by atoms with van der Waals surface area (Å²) in [6.45, 7) is 0.110. The van der Waals surface area contributed by atoms with E-state index in [1.807, 2.05) is 0 Å². The summed E-state index contributed by atoms with van der Waals surface area (Å²) in [6, 6.07) is 9.84. The molecule has 2 heterocycles. The number of hydrogen-bond donors (Lipinski definition) is 1. The number of fused-ring (bicyclic) bond motifs is 2. The third-order valence-corrected chi connectivity index (χ3v) is 5.50. The average molecular weight is 450 g/mol. The number of nitrogens with zero attached hydrogens (tertiary/aromatic N) is 3. The maximum absolute atomic E-state index is 12.9. The van der Waals surface area contributed by atoms with Crippen molar-refractivity contribution in [3.8, 4) is 0 Å². The van der Waals surface area contributed by atoms with Crippen molar-refractivity contribution in [2.24, 2.45) is 0 Å². The first kappa shape index (κ1) is 22.1. The van der Waals surface area contributed by atoms with Gasteiger partial charge in [0, 0.05) is 30.8 Å². The number of carbonyl (C=O) groups excluding carboxylic acids is 2. The quantitative estimate of drug-likeness (QED) is 0.358. The Labute approximate surface area is 188 Å². The Balaban J connectivity index is 1.44. The molecule has 0 aliphatic carbocycles. The molecule has 3 aromatic rings. The van der Waals surface area contributed by atoms with E-state index in [1.54, 1.807) is 10.6 Å². The van der Waals surface area contributed by atoms with Crippen LogP contribution in [0.25, 0.3) is 10.9 Å². The third-order valence-electron chi connectivity index (χ3n) is 5.50. The second-order valence-corrected chi connectivity index (χ2v) is 7.81. The van der Waals surface area contributed by atoms with Crippen molar-refractivity contribution in [2.75, 3.05) is 11.9 Å². The van der Waals surface area contributed by atoms with Gasteiger partial charge < -0.3 is 10.1 Å². The highest BCUT2D eigenvalue weighted by Crippen LogP contribution is 2.18. The van der Waals surface area contributed by atoms with Gasteiger partial charge in [-0.25, -0.2) is 9.78 Å². The van der Waals surface area contributed by atoms with E-state index < -0.39 is 23.4 Å². The number of aryl methyl sites for hydroxylation is 1. The zero-order valence-corrected chi connectivity index (χ0v) is 17.8. The molecule has 0 bridgehead atoms. The fourth-order valence-electron chi connectivity index (χ4n) is 3.80. The normalized spacial score (nSPS) is 13.5. The van der Waals surface area contributed by atoms with Crippen LogP contribution in [-0.4, -0.2) is 33.0 Å². The number of ether oxygens (including phenoxy) is 1. The second-order valence-electron chi connectivity index (χ2n) is 7.81. The zero-order chi connectivity index (χ0) is 23.4. The van der Waals surface area contributed by atoms with E-state index in [9.17, 15) is 24.5 Å². The molecular weight excluding hydrogens is 428 g/mol. The molecule has 1 N–H and O–H groups in total. The Morgan fingerprint density at radius 2 is 1.85 bits per heavy atom. The highest BCUT2D eigenvalue weighted by molar-refractivity contribution is 5.97. The highest BCUT2D eigenvalue weighted by atomic mass is 16.6. The van der Waals surface area contributed by atoms with Crippen LogP contribution in [-0.2, 0) is 22.5 Å². The van der Waals surface area contributed by atoms with Crippen LogP contribution in [0.3, 0.4) is 0 Å². The van der Waals surface area contributed by atoms with E-state index in [1.165, 1.54) is 36.4 Å². The van der Waals surface area contributed by atoms with Crippen molar-refractivity contribution in [1.82, 2.24) is 9.55 Å². The van der Waals surface area contributed by atoms with Gasteiger partial charge in [-0.05, 0) is 43.2 Å². The number of nitro groups is 1.